The van der Waals surface area contributed by atoms with Crippen LogP contribution in [0, 0.1) is 0 Å². The highest BCUT2D eigenvalue weighted by Crippen LogP contribution is 2.16. The van der Waals surface area contributed by atoms with Crippen LogP contribution in [0.25, 0.3) is 16.9 Å². The minimum absolute atomic E-state index is 0.101. The first kappa shape index (κ1) is 16.7. The summed E-state index contributed by atoms with van der Waals surface area (Å²) in [7, 11) is 0. The molecule has 0 saturated carbocycles. The zero-order chi connectivity index (χ0) is 18.5. The van der Waals surface area contributed by atoms with E-state index < -0.39 is 0 Å². The average Bonchev–Trinajstić information content (AvgIpc) is 3.28. The lowest BCUT2D eigenvalue weighted by atomic mass is 10.1. The Balaban J connectivity index is 1.42. The van der Waals surface area contributed by atoms with Crippen molar-refractivity contribution in [3.05, 3.63) is 103 Å². The fraction of sp³-hybridized carbons (Fsp3) is 0.0455. The maximum absolute atomic E-state index is 12.4. The molecule has 0 fully saturated rings. The molecule has 0 aliphatic carbocycles. The van der Waals surface area contributed by atoms with Crippen molar-refractivity contribution in [1.29, 1.82) is 0 Å². The van der Waals surface area contributed by atoms with Gasteiger partial charge < -0.3 is 9.88 Å². The van der Waals surface area contributed by atoms with E-state index in [0.29, 0.717) is 12.1 Å². The Kier molecular flexibility index (Phi) is 4.74. The van der Waals surface area contributed by atoms with Gasteiger partial charge in [0.1, 0.15) is 0 Å². The van der Waals surface area contributed by atoms with E-state index in [0.717, 1.165) is 22.5 Å². The number of hydrogen-bond donors (Lipinski definition) is 1. The van der Waals surface area contributed by atoms with E-state index in [1.165, 1.54) is 0 Å². The molecular weight excluding hydrogens is 336 g/mol. The first-order chi connectivity index (χ1) is 13.3. The molecule has 0 atom stereocenters. The van der Waals surface area contributed by atoms with Gasteiger partial charge in [-0.2, -0.15) is 0 Å². The number of amides is 1. The standard InChI is InChI=1S/C22H18N4O/c27-22(19-3-5-20(6-4-19)26-13-1-2-14-26)25-16-17-7-12-24-21(15-17)18-8-10-23-11-9-18/h1-15H,16H2,(H,25,27). The van der Waals surface area contributed by atoms with Gasteiger partial charge in [0, 0.05) is 54.3 Å². The molecule has 1 amide bonds. The molecule has 0 saturated heterocycles. The van der Waals surface area contributed by atoms with Gasteiger partial charge in [-0.25, -0.2) is 0 Å². The van der Waals surface area contributed by atoms with Crippen molar-refractivity contribution in [1.82, 2.24) is 19.9 Å². The third-order valence-electron chi connectivity index (χ3n) is 4.29. The van der Waals surface area contributed by atoms with Crippen LogP contribution in [0.1, 0.15) is 15.9 Å². The maximum Gasteiger partial charge on any atom is 0.251 e. The van der Waals surface area contributed by atoms with Gasteiger partial charge in [0.25, 0.3) is 5.91 Å². The topological polar surface area (TPSA) is 59.8 Å². The van der Waals surface area contributed by atoms with Crippen molar-refractivity contribution in [2.75, 3.05) is 0 Å². The number of carbonyl (C=O) groups excluding carboxylic acids is 1. The third kappa shape index (κ3) is 3.93. The van der Waals surface area contributed by atoms with Crippen molar-refractivity contribution < 1.29 is 4.79 Å². The molecule has 0 aliphatic heterocycles. The molecule has 4 rings (SSSR count). The number of hydrogen-bond acceptors (Lipinski definition) is 3. The number of benzene rings is 1. The van der Waals surface area contributed by atoms with Crippen LogP contribution in [0.4, 0.5) is 0 Å². The van der Waals surface area contributed by atoms with Crippen molar-refractivity contribution in [3.8, 4) is 16.9 Å². The van der Waals surface area contributed by atoms with Crippen molar-refractivity contribution in [2.24, 2.45) is 0 Å². The second kappa shape index (κ2) is 7.66. The summed E-state index contributed by atoms with van der Waals surface area (Å²) in [6.45, 7) is 0.443. The summed E-state index contributed by atoms with van der Waals surface area (Å²) >= 11 is 0. The third-order valence-corrected chi connectivity index (χ3v) is 4.29. The Bertz CT molecular complexity index is 1030. The largest absolute Gasteiger partial charge is 0.348 e. The van der Waals surface area contributed by atoms with Crippen LogP contribution in [-0.2, 0) is 6.54 Å². The maximum atomic E-state index is 12.4. The molecule has 132 valence electrons. The quantitative estimate of drug-likeness (QED) is 0.592. The predicted molar refractivity (Wildman–Crippen MR) is 104 cm³/mol. The minimum Gasteiger partial charge on any atom is -0.348 e. The van der Waals surface area contributed by atoms with E-state index in [1.807, 2.05) is 77.6 Å². The highest BCUT2D eigenvalue weighted by molar-refractivity contribution is 5.94. The smallest absolute Gasteiger partial charge is 0.251 e. The lowest BCUT2D eigenvalue weighted by Crippen LogP contribution is -2.22. The van der Waals surface area contributed by atoms with Gasteiger partial charge in [-0.05, 0) is 66.2 Å². The van der Waals surface area contributed by atoms with E-state index in [4.69, 9.17) is 0 Å². The highest BCUT2D eigenvalue weighted by atomic mass is 16.1. The van der Waals surface area contributed by atoms with Crippen LogP contribution in [0.3, 0.4) is 0 Å². The Hall–Kier alpha value is -3.73. The second-order valence-corrected chi connectivity index (χ2v) is 6.11. The van der Waals surface area contributed by atoms with Gasteiger partial charge in [-0.3, -0.25) is 14.8 Å². The molecule has 0 bridgehead atoms. The molecule has 5 nitrogen and oxygen atoms in total. The monoisotopic (exact) mass is 354 g/mol. The Morgan fingerprint density at radius 1 is 0.926 bits per heavy atom. The number of aromatic nitrogens is 3. The van der Waals surface area contributed by atoms with Crippen LogP contribution in [-0.4, -0.2) is 20.4 Å². The van der Waals surface area contributed by atoms with Crippen molar-refractivity contribution in [3.63, 3.8) is 0 Å². The van der Waals surface area contributed by atoms with Crippen molar-refractivity contribution in [2.45, 2.75) is 6.54 Å². The fourth-order valence-electron chi connectivity index (χ4n) is 2.84. The first-order valence-corrected chi connectivity index (χ1v) is 8.66. The van der Waals surface area contributed by atoms with Gasteiger partial charge >= 0.3 is 0 Å². The lowest BCUT2D eigenvalue weighted by Gasteiger charge is -2.08. The molecule has 0 radical (unpaired) electrons. The summed E-state index contributed by atoms with van der Waals surface area (Å²) < 4.78 is 2.00. The van der Waals surface area contributed by atoms with Gasteiger partial charge in [0.05, 0.1) is 5.69 Å². The molecule has 3 heterocycles. The normalized spacial score (nSPS) is 10.5. The number of carbonyl (C=O) groups is 1. The Morgan fingerprint density at radius 3 is 2.41 bits per heavy atom. The van der Waals surface area contributed by atoms with E-state index >= 15 is 0 Å². The minimum atomic E-state index is -0.101. The molecular formula is C22H18N4O. The summed E-state index contributed by atoms with van der Waals surface area (Å²) in [6.07, 6.45) is 9.17. The summed E-state index contributed by atoms with van der Waals surface area (Å²) in [6, 6.07) is 19.2. The summed E-state index contributed by atoms with van der Waals surface area (Å²) in [5, 5.41) is 2.96. The molecule has 0 spiro atoms. The number of nitrogens with zero attached hydrogens (tertiary/aromatic N) is 3. The van der Waals surface area contributed by atoms with Gasteiger partial charge in [0.2, 0.25) is 0 Å². The van der Waals surface area contributed by atoms with Crippen LogP contribution in [0.15, 0.2) is 91.6 Å². The average molecular weight is 354 g/mol. The molecule has 4 aromatic rings. The lowest BCUT2D eigenvalue weighted by molar-refractivity contribution is 0.0951. The molecule has 0 aliphatic rings. The van der Waals surface area contributed by atoms with Crippen LogP contribution >= 0.6 is 0 Å². The van der Waals surface area contributed by atoms with Crippen LogP contribution in [0.5, 0.6) is 0 Å². The van der Waals surface area contributed by atoms with E-state index in [1.54, 1.807) is 18.6 Å². The molecule has 1 N–H and O–H groups in total. The molecule has 1 aromatic carbocycles. The predicted octanol–water partition coefficient (Wildman–Crippen LogP) is 3.86. The Labute approximate surface area is 157 Å². The first-order valence-electron chi connectivity index (χ1n) is 8.66. The van der Waals surface area contributed by atoms with Crippen molar-refractivity contribution >= 4 is 5.91 Å². The van der Waals surface area contributed by atoms with Gasteiger partial charge in [-0.1, -0.05) is 0 Å². The number of pyridine rings is 2. The summed E-state index contributed by atoms with van der Waals surface area (Å²) in [5.41, 5.74) is 4.51. The SMILES string of the molecule is O=C(NCc1ccnc(-c2ccncc2)c1)c1ccc(-n2cccc2)cc1. The fourth-order valence-corrected chi connectivity index (χ4v) is 2.84. The Morgan fingerprint density at radius 2 is 1.67 bits per heavy atom. The van der Waals surface area contributed by atoms with E-state index in [-0.39, 0.29) is 5.91 Å². The zero-order valence-electron chi connectivity index (χ0n) is 14.6. The summed E-state index contributed by atoms with van der Waals surface area (Å²) in [4.78, 5) is 20.8. The molecule has 3 aromatic heterocycles. The highest BCUT2D eigenvalue weighted by Gasteiger charge is 2.07. The van der Waals surface area contributed by atoms with E-state index in [2.05, 4.69) is 15.3 Å². The van der Waals surface area contributed by atoms with E-state index in [9.17, 15) is 4.79 Å². The van der Waals surface area contributed by atoms with Crippen LogP contribution in [0.2, 0.25) is 0 Å². The second-order valence-electron chi connectivity index (χ2n) is 6.11. The number of nitrogens with one attached hydrogen (secondary N) is 1. The van der Waals surface area contributed by atoms with Crippen LogP contribution < -0.4 is 5.32 Å². The van der Waals surface area contributed by atoms with Gasteiger partial charge in [0.15, 0.2) is 0 Å². The number of rotatable bonds is 5. The summed E-state index contributed by atoms with van der Waals surface area (Å²) in [5.74, 6) is -0.101. The molecule has 0 unspecified atom stereocenters. The molecule has 5 heteroatoms. The van der Waals surface area contributed by atoms with Gasteiger partial charge in [-0.15, -0.1) is 0 Å². The molecule has 27 heavy (non-hydrogen) atoms. The zero-order valence-corrected chi connectivity index (χ0v) is 14.6.